The SMILES string of the molecule is COc1ccc(CC[C@@H](NC(=O)[C@@H]2CCCCN2)c2cccc(OCC(=O)OC(C)(C)C)c2)cc1OC. The van der Waals surface area contributed by atoms with E-state index >= 15 is 0 Å². The number of nitrogens with one attached hydrogen (secondary N) is 2. The van der Waals surface area contributed by atoms with Gasteiger partial charge in [0.25, 0.3) is 0 Å². The highest BCUT2D eigenvalue weighted by Crippen LogP contribution is 2.30. The molecule has 37 heavy (non-hydrogen) atoms. The molecule has 2 N–H and O–H groups in total. The third kappa shape index (κ3) is 8.97. The fraction of sp³-hybridized carbons (Fsp3) is 0.517. The molecule has 0 saturated carbocycles. The maximum Gasteiger partial charge on any atom is 0.344 e. The molecule has 0 unspecified atom stereocenters. The van der Waals surface area contributed by atoms with Gasteiger partial charge in [-0.15, -0.1) is 0 Å². The highest BCUT2D eigenvalue weighted by atomic mass is 16.6. The number of aryl methyl sites for hydroxylation is 1. The molecule has 1 saturated heterocycles. The van der Waals surface area contributed by atoms with E-state index in [9.17, 15) is 9.59 Å². The number of rotatable bonds is 11. The summed E-state index contributed by atoms with van der Waals surface area (Å²) in [5.74, 6) is 1.46. The lowest BCUT2D eigenvalue weighted by Crippen LogP contribution is -2.47. The Labute approximate surface area is 220 Å². The van der Waals surface area contributed by atoms with Gasteiger partial charge in [-0.1, -0.05) is 24.6 Å². The van der Waals surface area contributed by atoms with Crippen LogP contribution in [-0.2, 0) is 20.7 Å². The van der Waals surface area contributed by atoms with Crippen LogP contribution in [0.2, 0.25) is 0 Å². The van der Waals surface area contributed by atoms with E-state index in [1.165, 1.54) is 0 Å². The van der Waals surface area contributed by atoms with E-state index in [4.69, 9.17) is 18.9 Å². The van der Waals surface area contributed by atoms with Crippen LogP contribution in [0, 0.1) is 0 Å². The molecule has 0 radical (unpaired) electrons. The highest BCUT2D eigenvalue weighted by Gasteiger charge is 2.24. The van der Waals surface area contributed by atoms with Crippen molar-refractivity contribution in [1.29, 1.82) is 0 Å². The smallest absolute Gasteiger partial charge is 0.344 e. The summed E-state index contributed by atoms with van der Waals surface area (Å²) in [7, 11) is 3.23. The van der Waals surface area contributed by atoms with Crippen LogP contribution in [0.1, 0.15) is 63.6 Å². The maximum absolute atomic E-state index is 13.1. The number of hydrogen-bond donors (Lipinski definition) is 2. The van der Waals surface area contributed by atoms with Gasteiger partial charge in [0.15, 0.2) is 18.1 Å². The van der Waals surface area contributed by atoms with Gasteiger partial charge in [-0.2, -0.15) is 0 Å². The number of methoxy groups -OCH3 is 2. The Balaban J connectivity index is 1.74. The average molecular weight is 513 g/mol. The lowest BCUT2D eigenvalue weighted by molar-refractivity contribution is -0.157. The number of esters is 1. The second-order valence-electron chi connectivity index (χ2n) is 10.2. The molecule has 8 nitrogen and oxygen atoms in total. The standard InChI is InChI=1S/C29H40N2O6/c1-29(2,3)37-27(32)19-36-22-10-8-9-21(18-22)23(31-28(33)24-11-6-7-16-30-24)14-12-20-13-15-25(34-4)26(17-20)35-5/h8-10,13,15,17-18,23-24,30H,6-7,11-12,14,16,19H2,1-5H3,(H,31,33)/t23-,24+/m1/s1. The second kappa shape index (κ2) is 13.3. The van der Waals surface area contributed by atoms with Crippen LogP contribution >= 0.6 is 0 Å². The molecule has 202 valence electrons. The minimum atomic E-state index is -0.574. The monoisotopic (exact) mass is 512 g/mol. The van der Waals surface area contributed by atoms with Crippen LogP contribution in [0.25, 0.3) is 0 Å². The van der Waals surface area contributed by atoms with Gasteiger partial charge in [0.05, 0.1) is 26.3 Å². The van der Waals surface area contributed by atoms with Crippen molar-refractivity contribution in [3.05, 3.63) is 53.6 Å². The first kappa shape index (κ1) is 28.3. The maximum atomic E-state index is 13.1. The molecule has 1 aliphatic rings. The number of amides is 1. The summed E-state index contributed by atoms with van der Waals surface area (Å²) in [4.78, 5) is 25.2. The van der Waals surface area contributed by atoms with Crippen molar-refractivity contribution in [2.45, 2.75) is 70.6 Å². The fourth-order valence-corrected chi connectivity index (χ4v) is 4.35. The molecular weight excluding hydrogens is 472 g/mol. The van der Waals surface area contributed by atoms with E-state index < -0.39 is 11.6 Å². The molecule has 0 spiro atoms. The van der Waals surface area contributed by atoms with E-state index in [1.54, 1.807) is 20.3 Å². The first-order chi connectivity index (χ1) is 17.7. The van der Waals surface area contributed by atoms with Gasteiger partial charge < -0.3 is 29.6 Å². The number of benzene rings is 2. The third-order valence-corrected chi connectivity index (χ3v) is 6.15. The van der Waals surface area contributed by atoms with Crippen LogP contribution < -0.4 is 24.8 Å². The molecule has 1 aliphatic heterocycles. The summed E-state index contributed by atoms with van der Waals surface area (Å²) in [6.45, 7) is 6.12. The fourth-order valence-electron chi connectivity index (χ4n) is 4.35. The molecule has 1 amide bonds. The summed E-state index contributed by atoms with van der Waals surface area (Å²) in [5, 5.41) is 6.56. The molecule has 0 bridgehead atoms. The van der Waals surface area contributed by atoms with Gasteiger partial charge in [-0.25, -0.2) is 4.79 Å². The Kier molecular flexibility index (Phi) is 10.2. The van der Waals surface area contributed by atoms with Crippen molar-refractivity contribution in [2.75, 3.05) is 27.4 Å². The summed E-state index contributed by atoms with van der Waals surface area (Å²) in [5.41, 5.74) is 1.41. The van der Waals surface area contributed by atoms with Crippen LogP contribution in [-0.4, -0.2) is 50.9 Å². The molecule has 1 fully saturated rings. The zero-order valence-corrected chi connectivity index (χ0v) is 22.6. The van der Waals surface area contributed by atoms with Gasteiger partial charge in [-0.3, -0.25) is 4.79 Å². The first-order valence-electron chi connectivity index (χ1n) is 12.9. The van der Waals surface area contributed by atoms with Crippen molar-refractivity contribution in [1.82, 2.24) is 10.6 Å². The zero-order valence-electron chi connectivity index (χ0n) is 22.6. The molecular formula is C29H40N2O6. The number of piperidine rings is 1. The Hall–Kier alpha value is -3.26. The highest BCUT2D eigenvalue weighted by molar-refractivity contribution is 5.82. The topological polar surface area (TPSA) is 95.1 Å². The molecule has 8 heteroatoms. The van der Waals surface area contributed by atoms with Crippen molar-refractivity contribution in [3.8, 4) is 17.2 Å². The lowest BCUT2D eigenvalue weighted by atomic mass is 9.97. The largest absolute Gasteiger partial charge is 0.493 e. The van der Waals surface area contributed by atoms with Gasteiger partial charge >= 0.3 is 5.97 Å². The predicted octanol–water partition coefficient (Wildman–Crippen LogP) is 4.36. The molecule has 0 aliphatic carbocycles. The number of ether oxygens (including phenoxy) is 4. The summed E-state index contributed by atoms with van der Waals surface area (Å²) < 4.78 is 21.8. The first-order valence-corrected chi connectivity index (χ1v) is 12.9. The molecule has 2 aromatic rings. The van der Waals surface area contributed by atoms with E-state index in [0.717, 1.165) is 36.9 Å². The number of hydrogen-bond acceptors (Lipinski definition) is 7. The van der Waals surface area contributed by atoms with E-state index in [0.29, 0.717) is 30.1 Å². The minimum Gasteiger partial charge on any atom is -0.493 e. The molecule has 0 aromatic heterocycles. The average Bonchev–Trinajstić information content (AvgIpc) is 2.89. The number of carbonyl (C=O) groups excluding carboxylic acids is 2. The Morgan fingerprint density at radius 1 is 1.05 bits per heavy atom. The Morgan fingerprint density at radius 3 is 2.51 bits per heavy atom. The van der Waals surface area contributed by atoms with Crippen LogP contribution in [0.4, 0.5) is 0 Å². The van der Waals surface area contributed by atoms with Gasteiger partial charge in [0.1, 0.15) is 11.4 Å². The van der Waals surface area contributed by atoms with Crippen LogP contribution in [0.3, 0.4) is 0 Å². The van der Waals surface area contributed by atoms with Crippen LogP contribution in [0.15, 0.2) is 42.5 Å². The predicted molar refractivity (Wildman–Crippen MR) is 142 cm³/mol. The van der Waals surface area contributed by atoms with Crippen molar-refractivity contribution >= 4 is 11.9 Å². The second-order valence-corrected chi connectivity index (χ2v) is 10.2. The van der Waals surface area contributed by atoms with Gasteiger partial charge in [0, 0.05) is 0 Å². The normalized spacial score (nSPS) is 16.4. The summed E-state index contributed by atoms with van der Waals surface area (Å²) >= 11 is 0. The van der Waals surface area contributed by atoms with Gasteiger partial charge in [-0.05, 0) is 88.4 Å². The van der Waals surface area contributed by atoms with Crippen molar-refractivity contribution in [3.63, 3.8) is 0 Å². The third-order valence-electron chi connectivity index (χ3n) is 6.15. The van der Waals surface area contributed by atoms with Gasteiger partial charge in [0.2, 0.25) is 5.91 Å². The summed E-state index contributed by atoms with van der Waals surface area (Å²) in [6, 6.07) is 12.9. The van der Waals surface area contributed by atoms with E-state index in [2.05, 4.69) is 10.6 Å². The van der Waals surface area contributed by atoms with Crippen molar-refractivity contribution < 1.29 is 28.5 Å². The quantitative estimate of drug-likeness (QED) is 0.432. The molecule has 2 aromatic carbocycles. The lowest BCUT2D eigenvalue weighted by Gasteiger charge is -2.26. The van der Waals surface area contributed by atoms with E-state index in [1.807, 2.05) is 57.2 Å². The summed E-state index contributed by atoms with van der Waals surface area (Å²) in [6.07, 6.45) is 4.34. The minimum absolute atomic E-state index is 0.00270. The molecule has 1 heterocycles. The Bertz CT molecular complexity index is 1040. The molecule has 2 atom stereocenters. The molecule has 3 rings (SSSR count). The number of carbonyl (C=O) groups is 2. The van der Waals surface area contributed by atoms with Crippen molar-refractivity contribution in [2.24, 2.45) is 0 Å². The zero-order chi connectivity index (χ0) is 26.8. The van der Waals surface area contributed by atoms with Crippen LogP contribution in [0.5, 0.6) is 17.2 Å². The Morgan fingerprint density at radius 2 is 1.84 bits per heavy atom. The van der Waals surface area contributed by atoms with E-state index in [-0.39, 0.29) is 24.6 Å².